The average Bonchev–Trinajstić information content (AvgIpc) is 3.42. The normalized spacial score (nSPS) is 27.0. The number of fused-ring (bicyclic) bond motifs is 2. The Morgan fingerprint density at radius 1 is 0.900 bits per heavy atom. The van der Waals surface area contributed by atoms with Crippen LogP contribution in [0.4, 0.5) is 0 Å². The standard InChI is InChI=1S/C26H25NO3/c1-15-20-12-13-21(14-20)22(15)25(28)27-23-18-8-6-16-2-4-17(5-3-16)7-9-19(11-10-18)24(23)30-26(27)29/h2-5,10-13,15,20-22H,6-9,14H2,1H3/t15-,20-,21+,22+/m0/s1. The molecule has 1 fully saturated rings. The maximum Gasteiger partial charge on any atom is 0.426 e. The first kappa shape index (κ1) is 17.9. The third kappa shape index (κ3) is 2.59. The molecule has 1 saturated carbocycles. The smallest absolute Gasteiger partial charge is 0.407 e. The molecule has 4 heteroatoms. The van der Waals surface area contributed by atoms with E-state index in [0.717, 1.165) is 43.2 Å². The molecule has 1 heterocycles. The van der Waals surface area contributed by atoms with Gasteiger partial charge in [-0.05, 0) is 72.1 Å². The predicted octanol–water partition coefficient (Wildman–Crippen LogP) is 4.58. The number of carbonyl (C=O) groups excluding carboxylic acids is 1. The van der Waals surface area contributed by atoms with E-state index >= 15 is 0 Å². The van der Waals surface area contributed by atoms with Crippen LogP contribution in [0.1, 0.15) is 40.4 Å². The molecule has 0 radical (unpaired) electrons. The molecule has 30 heavy (non-hydrogen) atoms. The van der Waals surface area contributed by atoms with E-state index in [-0.39, 0.29) is 23.7 Å². The molecule has 152 valence electrons. The van der Waals surface area contributed by atoms with Crippen LogP contribution < -0.4 is 5.76 Å². The largest absolute Gasteiger partial charge is 0.426 e. The van der Waals surface area contributed by atoms with Crippen LogP contribution in [0.25, 0.3) is 11.1 Å². The third-order valence-electron chi connectivity index (χ3n) is 7.64. The number of hydrogen-bond acceptors (Lipinski definition) is 3. The maximum atomic E-state index is 13.7. The Labute approximate surface area is 175 Å². The highest BCUT2D eigenvalue weighted by molar-refractivity contribution is 5.94. The first-order chi connectivity index (χ1) is 14.6. The minimum absolute atomic E-state index is 0.0862. The Bertz CT molecular complexity index is 1240. The average molecular weight is 399 g/mol. The summed E-state index contributed by atoms with van der Waals surface area (Å²) >= 11 is 0. The number of oxazole rings is 1. The van der Waals surface area contributed by atoms with Crippen LogP contribution in [0.15, 0.2) is 57.8 Å². The number of allylic oxidation sites excluding steroid dienone is 2. The molecule has 6 bridgehead atoms. The van der Waals surface area contributed by atoms with Crippen molar-refractivity contribution in [2.24, 2.45) is 23.7 Å². The molecular weight excluding hydrogens is 374 g/mol. The highest BCUT2D eigenvalue weighted by Gasteiger charge is 2.47. The van der Waals surface area contributed by atoms with Crippen molar-refractivity contribution in [1.82, 2.24) is 4.57 Å². The van der Waals surface area contributed by atoms with Crippen LogP contribution in [-0.2, 0) is 25.7 Å². The summed E-state index contributed by atoms with van der Waals surface area (Å²) in [6.45, 7) is 2.14. The number of benzene rings is 2. The van der Waals surface area contributed by atoms with Crippen molar-refractivity contribution in [2.45, 2.75) is 39.0 Å². The fourth-order valence-electron chi connectivity index (χ4n) is 5.89. The van der Waals surface area contributed by atoms with Gasteiger partial charge < -0.3 is 4.42 Å². The van der Waals surface area contributed by atoms with Crippen LogP contribution in [0.2, 0.25) is 0 Å². The Morgan fingerprint density at radius 2 is 1.53 bits per heavy atom. The maximum absolute atomic E-state index is 13.7. The van der Waals surface area contributed by atoms with Crippen molar-refractivity contribution >= 4 is 17.0 Å². The molecule has 6 aliphatic carbocycles. The molecule has 9 rings (SSSR count). The lowest BCUT2D eigenvalue weighted by molar-refractivity contribution is 0.0772. The van der Waals surface area contributed by atoms with Gasteiger partial charge in [-0.2, -0.15) is 0 Å². The van der Waals surface area contributed by atoms with E-state index in [1.165, 1.54) is 15.7 Å². The van der Waals surface area contributed by atoms with Gasteiger partial charge in [-0.1, -0.05) is 55.5 Å². The monoisotopic (exact) mass is 399 g/mol. The van der Waals surface area contributed by atoms with E-state index in [1.54, 1.807) is 0 Å². The van der Waals surface area contributed by atoms with Gasteiger partial charge in [0.15, 0.2) is 5.58 Å². The van der Waals surface area contributed by atoms with Crippen LogP contribution in [0.3, 0.4) is 0 Å². The lowest BCUT2D eigenvalue weighted by atomic mass is 9.83. The second-order valence-corrected chi connectivity index (χ2v) is 9.25. The first-order valence-electron chi connectivity index (χ1n) is 11.1. The Kier molecular flexibility index (Phi) is 3.92. The Morgan fingerprint density at radius 3 is 2.20 bits per heavy atom. The quantitative estimate of drug-likeness (QED) is 0.563. The first-order valence-corrected chi connectivity index (χ1v) is 11.1. The minimum atomic E-state index is -0.531. The summed E-state index contributed by atoms with van der Waals surface area (Å²) in [6.07, 6.45) is 8.74. The number of aryl methyl sites for hydroxylation is 4. The molecule has 4 nitrogen and oxygen atoms in total. The molecule has 0 aliphatic heterocycles. The molecule has 0 spiro atoms. The molecule has 4 atom stereocenters. The van der Waals surface area contributed by atoms with Gasteiger partial charge in [-0.25, -0.2) is 9.36 Å². The van der Waals surface area contributed by atoms with Crippen molar-refractivity contribution < 1.29 is 9.21 Å². The topological polar surface area (TPSA) is 52.2 Å². The lowest BCUT2D eigenvalue weighted by Crippen LogP contribution is -2.35. The molecule has 0 amide bonds. The van der Waals surface area contributed by atoms with Crippen molar-refractivity contribution in [2.75, 3.05) is 0 Å². The van der Waals surface area contributed by atoms with Gasteiger partial charge in [-0.15, -0.1) is 0 Å². The fourth-order valence-corrected chi connectivity index (χ4v) is 5.89. The highest BCUT2D eigenvalue weighted by atomic mass is 16.4. The molecule has 0 unspecified atom stereocenters. The summed E-state index contributed by atoms with van der Waals surface area (Å²) in [5.41, 5.74) is 5.87. The van der Waals surface area contributed by atoms with E-state index in [0.29, 0.717) is 17.0 Å². The Hall–Kier alpha value is -2.88. The van der Waals surface area contributed by atoms with Crippen LogP contribution >= 0.6 is 0 Å². The van der Waals surface area contributed by atoms with Crippen molar-refractivity contribution in [1.29, 1.82) is 0 Å². The number of hydrogen-bond donors (Lipinski definition) is 0. The predicted molar refractivity (Wildman–Crippen MR) is 116 cm³/mol. The van der Waals surface area contributed by atoms with E-state index in [9.17, 15) is 9.59 Å². The molecule has 2 aromatic carbocycles. The van der Waals surface area contributed by atoms with Gasteiger partial charge in [0.2, 0.25) is 5.91 Å². The summed E-state index contributed by atoms with van der Waals surface area (Å²) in [4.78, 5) is 26.6. The van der Waals surface area contributed by atoms with E-state index in [2.05, 4.69) is 55.5 Å². The molecule has 1 aromatic heterocycles. The zero-order valence-electron chi connectivity index (χ0n) is 17.1. The van der Waals surface area contributed by atoms with Gasteiger partial charge >= 0.3 is 5.76 Å². The molecule has 0 N–H and O–H groups in total. The van der Waals surface area contributed by atoms with Gasteiger partial charge in [0.1, 0.15) is 5.52 Å². The summed E-state index contributed by atoms with van der Waals surface area (Å²) in [5, 5.41) is 0. The summed E-state index contributed by atoms with van der Waals surface area (Å²) in [7, 11) is 0. The van der Waals surface area contributed by atoms with E-state index < -0.39 is 5.76 Å². The van der Waals surface area contributed by atoms with Crippen molar-refractivity contribution in [3.63, 3.8) is 0 Å². The molecule has 3 aromatic rings. The van der Waals surface area contributed by atoms with Crippen molar-refractivity contribution in [3.05, 3.63) is 81.4 Å². The zero-order chi connectivity index (χ0) is 20.4. The second kappa shape index (κ2) is 6.56. The number of carbonyl (C=O) groups is 1. The molecule has 6 aliphatic rings. The minimum Gasteiger partial charge on any atom is -0.407 e. The lowest BCUT2D eigenvalue weighted by Gasteiger charge is -2.23. The molecule has 0 saturated heterocycles. The molecular formula is C26H25NO3. The second-order valence-electron chi connectivity index (χ2n) is 9.25. The number of aromatic nitrogens is 1. The number of nitrogens with zero attached hydrogens (tertiary/aromatic N) is 1. The summed E-state index contributed by atoms with van der Waals surface area (Å²) in [6, 6.07) is 12.9. The SMILES string of the molecule is C[C@@H]1[C@@H](C(=O)n2c(=O)oc3c4ccc(c32)CCc2ccc(cc2)CC4)[C@@H]2C=C[C@H]1C2. The zero-order valence-corrected chi connectivity index (χ0v) is 17.1. The van der Waals surface area contributed by atoms with Gasteiger partial charge in [0.05, 0.1) is 0 Å². The van der Waals surface area contributed by atoms with Crippen LogP contribution in [-0.4, -0.2) is 10.5 Å². The van der Waals surface area contributed by atoms with E-state index in [4.69, 9.17) is 4.42 Å². The fraction of sp³-hybridized carbons (Fsp3) is 0.385. The highest BCUT2D eigenvalue weighted by Crippen LogP contribution is 2.48. The van der Waals surface area contributed by atoms with Gasteiger partial charge in [0, 0.05) is 5.92 Å². The van der Waals surface area contributed by atoms with Crippen LogP contribution in [0.5, 0.6) is 0 Å². The summed E-state index contributed by atoms with van der Waals surface area (Å²) < 4.78 is 7.13. The van der Waals surface area contributed by atoms with Crippen molar-refractivity contribution in [3.8, 4) is 0 Å². The Balaban J connectivity index is 1.50. The van der Waals surface area contributed by atoms with Crippen LogP contribution in [0, 0.1) is 23.7 Å². The van der Waals surface area contributed by atoms with Gasteiger partial charge in [0.25, 0.3) is 0 Å². The summed E-state index contributed by atoms with van der Waals surface area (Å²) in [5.74, 6) is 0.201. The number of rotatable bonds is 1. The van der Waals surface area contributed by atoms with E-state index in [1.807, 2.05) is 0 Å². The third-order valence-corrected chi connectivity index (χ3v) is 7.64. The van der Waals surface area contributed by atoms with Gasteiger partial charge in [-0.3, -0.25) is 4.79 Å².